The number of fused-ring (bicyclic) bond motifs is 1. The molecule has 0 aliphatic carbocycles. The number of aliphatic imine (C=N–C) groups is 1. The molecule has 1 unspecified atom stereocenters. The molecule has 1 aliphatic heterocycles. The molecule has 1 aliphatic rings. The summed E-state index contributed by atoms with van der Waals surface area (Å²) in [4.78, 5) is 33.6. The van der Waals surface area contributed by atoms with Gasteiger partial charge in [-0.25, -0.2) is 4.98 Å². The van der Waals surface area contributed by atoms with Gasteiger partial charge in [-0.05, 0) is 42.0 Å². The van der Waals surface area contributed by atoms with Crippen LogP contribution in [-0.2, 0) is 16.0 Å². The van der Waals surface area contributed by atoms with E-state index in [0.29, 0.717) is 44.8 Å². The first-order chi connectivity index (χ1) is 15.4. The number of carbonyl (C=O) groups is 2. The number of anilines is 2. The van der Waals surface area contributed by atoms with E-state index in [2.05, 4.69) is 15.6 Å². The Hall–Kier alpha value is -3.26. The van der Waals surface area contributed by atoms with Gasteiger partial charge >= 0.3 is 0 Å². The smallest absolute Gasteiger partial charge is 0.249 e. The molecule has 4 N–H and O–H groups in total. The maximum atomic E-state index is 13.0. The number of rotatable bonds is 5. The molecule has 0 bridgehead atoms. The molecule has 0 saturated carbocycles. The third kappa shape index (κ3) is 4.80. The van der Waals surface area contributed by atoms with Crippen LogP contribution in [0.15, 0.2) is 65.8 Å². The van der Waals surface area contributed by atoms with Gasteiger partial charge in [0.15, 0.2) is 0 Å². The number of hydrogen-bond donors (Lipinski definition) is 3. The number of pyridine rings is 1. The molecule has 3 aromatic rings. The van der Waals surface area contributed by atoms with E-state index < -0.39 is 6.04 Å². The lowest BCUT2D eigenvalue weighted by Crippen LogP contribution is -2.27. The SMILES string of the molecule is NCC(=O)Nc1ccc(C2=NC(Cc3ccccc3Cl)C(=O)Nc3ccc(Cl)cc32)cn1. The molecule has 4 rings (SSSR count). The van der Waals surface area contributed by atoms with Crippen LogP contribution >= 0.6 is 23.2 Å². The third-order valence-electron chi connectivity index (χ3n) is 4.94. The van der Waals surface area contributed by atoms with Gasteiger partial charge in [0.2, 0.25) is 11.8 Å². The summed E-state index contributed by atoms with van der Waals surface area (Å²) in [6.07, 6.45) is 1.91. The average Bonchev–Trinajstić information content (AvgIpc) is 2.92. The van der Waals surface area contributed by atoms with Crippen molar-refractivity contribution >= 4 is 52.2 Å². The number of nitrogens with two attached hydrogens (primary N) is 1. The zero-order valence-electron chi connectivity index (χ0n) is 16.8. The monoisotopic (exact) mass is 467 g/mol. The summed E-state index contributed by atoms with van der Waals surface area (Å²) in [6.45, 7) is -0.139. The fourth-order valence-electron chi connectivity index (χ4n) is 3.36. The molecular formula is C23H19Cl2N5O2. The highest BCUT2D eigenvalue weighted by atomic mass is 35.5. The highest BCUT2D eigenvalue weighted by Gasteiger charge is 2.27. The summed E-state index contributed by atoms with van der Waals surface area (Å²) >= 11 is 12.6. The Bertz CT molecular complexity index is 1210. The van der Waals surface area contributed by atoms with Crippen LogP contribution in [0.1, 0.15) is 16.7 Å². The van der Waals surface area contributed by atoms with E-state index in [4.69, 9.17) is 33.9 Å². The number of benzene rings is 2. The van der Waals surface area contributed by atoms with Gasteiger partial charge in [-0.2, -0.15) is 0 Å². The van der Waals surface area contributed by atoms with Gasteiger partial charge in [-0.1, -0.05) is 41.4 Å². The zero-order chi connectivity index (χ0) is 22.7. The predicted molar refractivity (Wildman–Crippen MR) is 127 cm³/mol. The number of carbonyl (C=O) groups excluding carboxylic acids is 2. The third-order valence-corrected chi connectivity index (χ3v) is 5.55. The van der Waals surface area contributed by atoms with Gasteiger partial charge in [-0.15, -0.1) is 0 Å². The minimum Gasteiger partial charge on any atom is -0.324 e. The second kappa shape index (κ2) is 9.48. The standard InChI is InChI=1S/C23H19Cl2N5O2/c24-15-6-7-18-16(10-15)22(14-5-8-20(27-12-14)30-21(31)11-26)28-19(23(32)29-18)9-13-3-1-2-4-17(13)25/h1-8,10,12,19H,9,11,26H2,(H,29,32)(H,27,30,31). The quantitative estimate of drug-likeness (QED) is 0.531. The van der Waals surface area contributed by atoms with Gasteiger partial charge in [-0.3, -0.25) is 14.6 Å². The van der Waals surface area contributed by atoms with E-state index in [-0.39, 0.29) is 18.4 Å². The van der Waals surface area contributed by atoms with Gasteiger partial charge in [0.25, 0.3) is 0 Å². The largest absolute Gasteiger partial charge is 0.324 e. The van der Waals surface area contributed by atoms with Crippen molar-refractivity contribution in [3.8, 4) is 0 Å². The van der Waals surface area contributed by atoms with Crippen LogP contribution in [0.2, 0.25) is 10.0 Å². The summed E-state index contributed by atoms with van der Waals surface area (Å²) in [5.74, 6) is -0.223. The summed E-state index contributed by atoms with van der Waals surface area (Å²) in [5.41, 5.74) is 8.65. The van der Waals surface area contributed by atoms with E-state index in [1.807, 2.05) is 18.2 Å². The summed E-state index contributed by atoms with van der Waals surface area (Å²) < 4.78 is 0. The number of halogens is 2. The second-order valence-electron chi connectivity index (χ2n) is 7.15. The highest BCUT2D eigenvalue weighted by Crippen LogP contribution is 2.29. The number of nitrogens with zero attached hydrogens (tertiary/aromatic N) is 2. The Balaban J connectivity index is 1.76. The van der Waals surface area contributed by atoms with Crippen molar-refractivity contribution in [2.24, 2.45) is 10.7 Å². The molecular weight excluding hydrogens is 449 g/mol. The second-order valence-corrected chi connectivity index (χ2v) is 8.00. The van der Waals surface area contributed by atoms with Crippen LogP contribution in [0, 0.1) is 0 Å². The maximum absolute atomic E-state index is 13.0. The zero-order valence-corrected chi connectivity index (χ0v) is 18.3. The molecule has 32 heavy (non-hydrogen) atoms. The Morgan fingerprint density at radius 3 is 2.66 bits per heavy atom. The molecule has 162 valence electrons. The van der Waals surface area contributed by atoms with Crippen LogP contribution in [-0.4, -0.2) is 35.1 Å². The number of nitrogens with one attached hydrogen (secondary N) is 2. The lowest BCUT2D eigenvalue weighted by molar-refractivity contribution is -0.117. The lowest BCUT2D eigenvalue weighted by Gasteiger charge is -2.12. The van der Waals surface area contributed by atoms with Crippen LogP contribution in [0.25, 0.3) is 0 Å². The Labute approximate surface area is 194 Å². The van der Waals surface area contributed by atoms with Crippen molar-refractivity contribution in [2.45, 2.75) is 12.5 Å². The van der Waals surface area contributed by atoms with E-state index in [9.17, 15) is 9.59 Å². The molecule has 0 spiro atoms. The molecule has 2 aromatic carbocycles. The molecule has 2 amide bonds. The highest BCUT2D eigenvalue weighted by molar-refractivity contribution is 6.32. The average molecular weight is 468 g/mol. The fourth-order valence-corrected chi connectivity index (χ4v) is 3.75. The first kappa shape index (κ1) is 22.0. The summed E-state index contributed by atoms with van der Waals surface area (Å²) in [6, 6.07) is 15.3. The molecule has 2 heterocycles. The minimum atomic E-state index is -0.715. The molecule has 1 aromatic heterocycles. The molecule has 1 atom stereocenters. The number of benzodiazepines with no additional fused rings is 1. The number of amides is 2. The van der Waals surface area contributed by atoms with Crippen molar-refractivity contribution in [2.75, 3.05) is 17.2 Å². The fraction of sp³-hybridized carbons (Fsp3) is 0.130. The first-order valence-corrected chi connectivity index (χ1v) is 10.6. The molecule has 0 saturated heterocycles. The van der Waals surface area contributed by atoms with Crippen molar-refractivity contribution in [3.63, 3.8) is 0 Å². The summed E-state index contributed by atoms with van der Waals surface area (Å²) in [7, 11) is 0. The van der Waals surface area contributed by atoms with Crippen LogP contribution in [0.3, 0.4) is 0 Å². The lowest BCUT2D eigenvalue weighted by atomic mass is 10.0. The number of aromatic nitrogens is 1. The van der Waals surface area contributed by atoms with Crippen molar-refractivity contribution in [1.82, 2.24) is 4.98 Å². The maximum Gasteiger partial charge on any atom is 0.249 e. The van der Waals surface area contributed by atoms with Gasteiger partial charge in [0.1, 0.15) is 11.9 Å². The Kier molecular flexibility index (Phi) is 6.50. The topological polar surface area (TPSA) is 109 Å². The number of hydrogen-bond acceptors (Lipinski definition) is 5. The minimum absolute atomic E-state index is 0.139. The van der Waals surface area contributed by atoms with E-state index in [1.54, 1.807) is 42.6 Å². The van der Waals surface area contributed by atoms with Crippen LogP contribution < -0.4 is 16.4 Å². The molecule has 9 heteroatoms. The Morgan fingerprint density at radius 1 is 1.12 bits per heavy atom. The normalized spacial score (nSPS) is 15.3. The van der Waals surface area contributed by atoms with Crippen LogP contribution in [0.5, 0.6) is 0 Å². The Morgan fingerprint density at radius 2 is 1.94 bits per heavy atom. The predicted octanol–water partition coefficient (Wildman–Crippen LogP) is 3.69. The van der Waals surface area contributed by atoms with E-state index in [1.165, 1.54) is 0 Å². The van der Waals surface area contributed by atoms with Gasteiger partial charge in [0.05, 0.1) is 17.9 Å². The molecule has 7 nitrogen and oxygen atoms in total. The van der Waals surface area contributed by atoms with Crippen LogP contribution in [0.4, 0.5) is 11.5 Å². The first-order valence-electron chi connectivity index (χ1n) is 9.83. The van der Waals surface area contributed by atoms with Gasteiger partial charge in [0, 0.05) is 33.8 Å². The van der Waals surface area contributed by atoms with Crippen molar-refractivity contribution in [3.05, 3.63) is 87.5 Å². The van der Waals surface area contributed by atoms with E-state index >= 15 is 0 Å². The van der Waals surface area contributed by atoms with Crippen molar-refractivity contribution in [1.29, 1.82) is 0 Å². The van der Waals surface area contributed by atoms with Gasteiger partial charge < -0.3 is 16.4 Å². The molecule has 0 fully saturated rings. The van der Waals surface area contributed by atoms with Crippen molar-refractivity contribution < 1.29 is 9.59 Å². The summed E-state index contributed by atoms with van der Waals surface area (Å²) in [5, 5.41) is 6.62. The molecule has 0 radical (unpaired) electrons. The van der Waals surface area contributed by atoms with E-state index in [0.717, 1.165) is 5.56 Å².